The van der Waals surface area contributed by atoms with Crippen molar-refractivity contribution < 1.29 is 13.2 Å². The fourth-order valence-corrected chi connectivity index (χ4v) is 4.78. The van der Waals surface area contributed by atoms with Gasteiger partial charge in [-0.15, -0.1) is 0 Å². The fourth-order valence-electron chi connectivity index (χ4n) is 3.36. The Hall–Kier alpha value is -3.40. The van der Waals surface area contributed by atoms with Gasteiger partial charge in [0.2, 0.25) is 15.9 Å². The average Bonchev–Trinajstić information content (AvgIpc) is 3.23. The van der Waals surface area contributed by atoms with Crippen LogP contribution >= 0.6 is 11.8 Å². The molecule has 1 aromatic heterocycles. The van der Waals surface area contributed by atoms with Crippen LogP contribution in [0, 0.1) is 6.92 Å². The molecule has 34 heavy (non-hydrogen) atoms. The van der Waals surface area contributed by atoms with Gasteiger partial charge in [-0.25, -0.2) is 18.5 Å². The number of primary sulfonamides is 1. The van der Waals surface area contributed by atoms with E-state index in [4.69, 9.17) is 5.14 Å². The molecule has 0 bridgehead atoms. The van der Waals surface area contributed by atoms with Gasteiger partial charge in [-0.05, 0) is 50.2 Å². The molecule has 0 aliphatic heterocycles. The molecule has 4 aromatic rings. The first-order chi connectivity index (χ1) is 16.2. The summed E-state index contributed by atoms with van der Waals surface area (Å²) in [5.74, 6) is -0.229. The van der Waals surface area contributed by atoms with Gasteiger partial charge >= 0.3 is 0 Å². The smallest absolute Gasteiger partial charge is 0.238 e. The number of hydrogen-bond donors (Lipinski definition) is 2. The minimum atomic E-state index is -3.79. The first-order valence-corrected chi connectivity index (χ1v) is 13.0. The number of rotatable bonds is 7. The lowest BCUT2D eigenvalue weighted by Crippen LogP contribution is -2.23. The quantitative estimate of drug-likeness (QED) is 0.366. The number of nitrogens with two attached hydrogens (primary N) is 1. The van der Waals surface area contributed by atoms with Gasteiger partial charge < -0.3 is 5.32 Å². The van der Waals surface area contributed by atoms with E-state index < -0.39 is 15.3 Å². The minimum Gasteiger partial charge on any atom is -0.325 e. The number of thioether (sulfide) groups is 1. The average molecular weight is 493 g/mol. The van der Waals surface area contributed by atoms with Crippen molar-refractivity contribution in [2.75, 3.05) is 5.32 Å². The van der Waals surface area contributed by atoms with Gasteiger partial charge in [0.05, 0.1) is 22.0 Å². The van der Waals surface area contributed by atoms with Gasteiger partial charge in [-0.1, -0.05) is 59.8 Å². The molecule has 1 unspecified atom stereocenters. The molecular formula is C25H24N4O3S2. The number of para-hydroxylation sites is 1. The van der Waals surface area contributed by atoms with E-state index in [1.165, 1.54) is 41.6 Å². The highest BCUT2D eigenvalue weighted by Crippen LogP contribution is 2.32. The lowest BCUT2D eigenvalue weighted by Gasteiger charge is -2.15. The molecule has 0 aliphatic carbocycles. The summed E-state index contributed by atoms with van der Waals surface area (Å²) in [5.41, 5.74) is 4.56. The predicted octanol–water partition coefficient (Wildman–Crippen LogP) is 4.61. The van der Waals surface area contributed by atoms with Crippen LogP contribution in [-0.4, -0.2) is 29.1 Å². The van der Waals surface area contributed by atoms with E-state index >= 15 is 0 Å². The molecule has 1 atom stereocenters. The Balaban J connectivity index is 1.58. The van der Waals surface area contributed by atoms with E-state index in [0.717, 1.165) is 16.9 Å². The third-order valence-corrected chi connectivity index (χ3v) is 7.19. The van der Waals surface area contributed by atoms with Crippen molar-refractivity contribution in [3.05, 3.63) is 90.6 Å². The van der Waals surface area contributed by atoms with Crippen LogP contribution in [-0.2, 0) is 14.8 Å². The SMILES string of the molecule is Cc1ccc(-c2cnc(SC(C)C(=O)Nc3ccc(S(N)(=O)=O)cc3)n2-c2ccccc2)cc1. The van der Waals surface area contributed by atoms with Gasteiger partial charge in [0.1, 0.15) is 0 Å². The molecule has 174 valence electrons. The summed E-state index contributed by atoms with van der Waals surface area (Å²) in [7, 11) is -3.79. The molecule has 0 saturated carbocycles. The number of aromatic nitrogens is 2. The number of hydrogen-bond acceptors (Lipinski definition) is 5. The van der Waals surface area contributed by atoms with E-state index in [0.29, 0.717) is 10.8 Å². The molecule has 0 saturated heterocycles. The highest BCUT2D eigenvalue weighted by atomic mass is 32.2. The third kappa shape index (κ3) is 5.39. The van der Waals surface area contributed by atoms with Crippen molar-refractivity contribution in [3.8, 4) is 16.9 Å². The molecule has 0 fully saturated rings. The minimum absolute atomic E-state index is 0.0125. The van der Waals surface area contributed by atoms with Crippen molar-refractivity contribution >= 4 is 33.4 Å². The second-order valence-electron chi connectivity index (χ2n) is 7.78. The molecule has 7 nitrogen and oxygen atoms in total. The number of benzene rings is 3. The molecule has 1 amide bonds. The van der Waals surface area contributed by atoms with E-state index in [2.05, 4.69) is 34.6 Å². The van der Waals surface area contributed by atoms with Crippen molar-refractivity contribution in [2.45, 2.75) is 29.1 Å². The number of aryl methyl sites for hydroxylation is 1. The Bertz CT molecular complexity index is 1400. The highest BCUT2D eigenvalue weighted by molar-refractivity contribution is 8.00. The van der Waals surface area contributed by atoms with Crippen LogP contribution in [0.15, 0.2) is 95.1 Å². The standard InChI is InChI=1S/C25H24N4O3S2/c1-17-8-10-19(11-9-17)23-16-27-25(29(23)21-6-4-3-5-7-21)33-18(2)24(30)28-20-12-14-22(15-13-20)34(26,31)32/h3-16,18H,1-2H3,(H,28,30)(H2,26,31,32). The molecule has 3 N–H and O–H groups in total. The van der Waals surface area contributed by atoms with E-state index in [9.17, 15) is 13.2 Å². The zero-order valence-corrected chi connectivity index (χ0v) is 20.3. The summed E-state index contributed by atoms with van der Waals surface area (Å²) in [6.07, 6.45) is 1.82. The Morgan fingerprint density at radius 3 is 2.26 bits per heavy atom. The van der Waals surface area contributed by atoms with Crippen LogP contribution in [0.25, 0.3) is 16.9 Å². The van der Waals surface area contributed by atoms with Crippen LogP contribution in [0.4, 0.5) is 5.69 Å². The molecule has 0 radical (unpaired) electrons. The topological polar surface area (TPSA) is 107 Å². The zero-order chi connectivity index (χ0) is 24.3. The lowest BCUT2D eigenvalue weighted by atomic mass is 10.1. The molecular weight excluding hydrogens is 468 g/mol. The Labute approximate surface area is 203 Å². The number of anilines is 1. The second-order valence-corrected chi connectivity index (χ2v) is 10.7. The maximum absolute atomic E-state index is 12.8. The van der Waals surface area contributed by atoms with Crippen LogP contribution in [0.1, 0.15) is 12.5 Å². The van der Waals surface area contributed by atoms with Crippen LogP contribution < -0.4 is 10.5 Å². The molecule has 0 aliphatic rings. The fraction of sp³-hybridized carbons (Fsp3) is 0.120. The Morgan fingerprint density at radius 1 is 1.00 bits per heavy atom. The number of amides is 1. The number of sulfonamides is 1. The van der Waals surface area contributed by atoms with E-state index in [-0.39, 0.29) is 10.8 Å². The van der Waals surface area contributed by atoms with Gasteiger partial charge in [0, 0.05) is 16.9 Å². The summed E-state index contributed by atoms with van der Waals surface area (Å²) in [6.45, 7) is 3.84. The van der Waals surface area contributed by atoms with Crippen molar-refractivity contribution in [1.82, 2.24) is 9.55 Å². The van der Waals surface area contributed by atoms with Gasteiger partial charge in [-0.2, -0.15) is 0 Å². The number of nitrogens with zero attached hydrogens (tertiary/aromatic N) is 2. The summed E-state index contributed by atoms with van der Waals surface area (Å²) < 4.78 is 24.9. The van der Waals surface area contributed by atoms with E-state index in [1.54, 1.807) is 6.92 Å². The first kappa shape index (κ1) is 23.7. The number of imidazole rings is 1. The van der Waals surface area contributed by atoms with E-state index in [1.807, 2.05) is 48.0 Å². The third-order valence-electron chi connectivity index (χ3n) is 5.19. The predicted molar refractivity (Wildman–Crippen MR) is 136 cm³/mol. The normalized spacial score (nSPS) is 12.3. The van der Waals surface area contributed by atoms with Crippen molar-refractivity contribution in [2.24, 2.45) is 5.14 Å². The molecule has 3 aromatic carbocycles. The lowest BCUT2D eigenvalue weighted by molar-refractivity contribution is -0.115. The maximum atomic E-state index is 12.8. The zero-order valence-electron chi connectivity index (χ0n) is 18.7. The summed E-state index contributed by atoms with van der Waals surface area (Å²) in [4.78, 5) is 17.5. The Kier molecular flexibility index (Phi) is 6.87. The number of carbonyl (C=O) groups excluding carboxylic acids is 1. The molecule has 1 heterocycles. The van der Waals surface area contributed by atoms with Crippen molar-refractivity contribution in [3.63, 3.8) is 0 Å². The highest BCUT2D eigenvalue weighted by Gasteiger charge is 2.21. The monoisotopic (exact) mass is 492 g/mol. The summed E-state index contributed by atoms with van der Waals surface area (Å²) >= 11 is 1.34. The van der Waals surface area contributed by atoms with Crippen molar-refractivity contribution in [1.29, 1.82) is 0 Å². The summed E-state index contributed by atoms with van der Waals surface area (Å²) in [6, 6.07) is 23.8. The number of carbonyl (C=O) groups is 1. The van der Waals surface area contributed by atoms with Gasteiger partial charge in [0.15, 0.2) is 5.16 Å². The van der Waals surface area contributed by atoms with Crippen LogP contribution in [0.3, 0.4) is 0 Å². The molecule has 4 rings (SSSR count). The van der Waals surface area contributed by atoms with Crippen LogP contribution in [0.2, 0.25) is 0 Å². The maximum Gasteiger partial charge on any atom is 0.238 e. The van der Waals surface area contributed by atoms with Gasteiger partial charge in [0.25, 0.3) is 0 Å². The summed E-state index contributed by atoms with van der Waals surface area (Å²) in [5, 5.41) is 8.16. The molecule has 0 spiro atoms. The second kappa shape index (κ2) is 9.84. The molecule has 9 heteroatoms. The first-order valence-electron chi connectivity index (χ1n) is 10.5. The Morgan fingerprint density at radius 2 is 1.65 bits per heavy atom. The largest absolute Gasteiger partial charge is 0.325 e. The number of nitrogens with one attached hydrogen (secondary N) is 1. The van der Waals surface area contributed by atoms with Crippen LogP contribution in [0.5, 0.6) is 0 Å². The van der Waals surface area contributed by atoms with Gasteiger partial charge in [-0.3, -0.25) is 9.36 Å².